The van der Waals surface area contributed by atoms with Crippen LogP contribution in [0.5, 0.6) is 5.75 Å². The Morgan fingerprint density at radius 1 is 1.25 bits per heavy atom. The van der Waals surface area contributed by atoms with Crippen molar-refractivity contribution in [2.45, 2.75) is 25.5 Å². The fourth-order valence-electron chi connectivity index (χ4n) is 2.49. The highest BCUT2D eigenvalue weighted by Crippen LogP contribution is 2.41. The molecule has 0 aliphatic carbocycles. The van der Waals surface area contributed by atoms with Crippen molar-refractivity contribution in [1.29, 1.82) is 0 Å². The van der Waals surface area contributed by atoms with Crippen LogP contribution in [0, 0.1) is 6.92 Å². The molecule has 0 saturated heterocycles. The van der Waals surface area contributed by atoms with Crippen LogP contribution < -0.4 is 10.5 Å². The van der Waals surface area contributed by atoms with Crippen molar-refractivity contribution in [2.75, 3.05) is 0 Å². The highest BCUT2D eigenvalue weighted by atomic mass is 79.9. The summed E-state index contributed by atoms with van der Waals surface area (Å²) in [4.78, 5) is 0. The number of halogens is 2. The zero-order valence-corrected chi connectivity index (χ0v) is 13.4. The largest absolute Gasteiger partial charge is 0.485 e. The van der Waals surface area contributed by atoms with Crippen molar-refractivity contribution in [3.05, 3.63) is 62.6 Å². The molecular formula is C16H15BrClNO. The fourth-order valence-corrected chi connectivity index (χ4v) is 3.02. The first-order valence-corrected chi connectivity index (χ1v) is 7.69. The van der Waals surface area contributed by atoms with E-state index >= 15 is 0 Å². The van der Waals surface area contributed by atoms with Gasteiger partial charge in [0.1, 0.15) is 11.9 Å². The van der Waals surface area contributed by atoms with Gasteiger partial charge in [-0.15, -0.1) is 0 Å². The molecule has 0 fully saturated rings. The van der Waals surface area contributed by atoms with Gasteiger partial charge in [-0.2, -0.15) is 0 Å². The Morgan fingerprint density at radius 3 is 2.80 bits per heavy atom. The van der Waals surface area contributed by atoms with Crippen LogP contribution in [0.4, 0.5) is 0 Å². The Balaban J connectivity index is 1.96. The Labute approximate surface area is 132 Å². The van der Waals surface area contributed by atoms with E-state index in [1.807, 2.05) is 37.3 Å². The number of hydrogen-bond acceptors (Lipinski definition) is 2. The molecule has 0 spiro atoms. The first-order valence-electron chi connectivity index (χ1n) is 6.52. The highest BCUT2D eigenvalue weighted by molar-refractivity contribution is 9.10. The fraction of sp³-hybridized carbons (Fsp3) is 0.250. The maximum Gasteiger partial charge on any atom is 0.126 e. The van der Waals surface area contributed by atoms with Gasteiger partial charge in [0, 0.05) is 27.5 Å². The van der Waals surface area contributed by atoms with E-state index < -0.39 is 0 Å². The van der Waals surface area contributed by atoms with Crippen molar-refractivity contribution in [2.24, 2.45) is 5.73 Å². The van der Waals surface area contributed by atoms with Gasteiger partial charge >= 0.3 is 0 Å². The van der Waals surface area contributed by atoms with Crippen molar-refractivity contribution in [3.63, 3.8) is 0 Å². The van der Waals surface area contributed by atoms with Crippen molar-refractivity contribution >= 4 is 27.5 Å². The number of ether oxygens (including phenoxy) is 1. The number of aryl methyl sites for hydroxylation is 1. The van der Waals surface area contributed by atoms with Crippen molar-refractivity contribution in [1.82, 2.24) is 0 Å². The van der Waals surface area contributed by atoms with E-state index in [-0.39, 0.29) is 12.1 Å². The first kappa shape index (κ1) is 13.9. The predicted octanol–water partition coefficient (Wildman–Crippen LogP) is 4.93. The van der Waals surface area contributed by atoms with Gasteiger partial charge in [-0.25, -0.2) is 0 Å². The van der Waals surface area contributed by atoms with Crippen molar-refractivity contribution < 1.29 is 4.74 Å². The first-order chi connectivity index (χ1) is 9.54. The second-order valence-corrected chi connectivity index (χ2v) is 6.46. The summed E-state index contributed by atoms with van der Waals surface area (Å²) >= 11 is 9.67. The summed E-state index contributed by atoms with van der Waals surface area (Å²) in [5.74, 6) is 0.847. The van der Waals surface area contributed by atoms with E-state index in [4.69, 9.17) is 22.1 Å². The second kappa shape index (κ2) is 5.40. The second-order valence-electron chi connectivity index (χ2n) is 5.14. The predicted molar refractivity (Wildman–Crippen MR) is 85.2 cm³/mol. The lowest BCUT2D eigenvalue weighted by atomic mass is 9.93. The molecule has 1 unspecified atom stereocenters. The zero-order chi connectivity index (χ0) is 14.3. The smallest absolute Gasteiger partial charge is 0.126 e. The molecule has 0 amide bonds. The van der Waals surface area contributed by atoms with E-state index in [0.717, 1.165) is 38.4 Å². The monoisotopic (exact) mass is 351 g/mol. The molecule has 0 radical (unpaired) electrons. The molecule has 0 aromatic heterocycles. The summed E-state index contributed by atoms with van der Waals surface area (Å²) in [5.41, 5.74) is 9.46. The Hall–Kier alpha value is -1.03. The quantitative estimate of drug-likeness (QED) is 0.789. The van der Waals surface area contributed by atoms with E-state index in [9.17, 15) is 0 Å². The molecule has 2 nitrogen and oxygen atoms in total. The molecule has 2 aromatic carbocycles. The van der Waals surface area contributed by atoms with Crippen LogP contribution in [0.1, 0.15) is 35.3 Å². The number of benzene rings is 2. The van der Waals surface area contributed by atoms with Gasteiger partial charge in [0.05, 0.1) is 0 Å². The minimum Gasteiger partial charge on any atom is -0.485 e. The normalized spacial score (nSPS) is 21.2. The van der Waals surface area contributed by atoms with Gasteiger partial charge in [0.2, 0.25) is 0 Å². The summed E-state index contributed by atoms with van der Waals surface area (Å²) in [6, 6.07) is 12.0. The SMILES string of the molecule is Cc1ccc(C2C[C@@H](N)c3ccc(Br)cc3O2)cc1Cl. The zero-order valence-electron chi connectivity index (χ0n) is 11.1. The lowest BCUT2D eigenvalue weighted by molar-refractivity contribution is 0.161. The third kappa shape index (κ3) is 2.58. The molecule has 1 aliphatic rings. The summed E-state index contributed by atoms with van der Waals surface area (Å²) in [6.45, 7) is 1.99. The maximum absolute atomic E-state index is 6.26. The molecule has 2 N–H and O–H groups in total. The van der Waals surface area contributed by atoms with E-state index in [0.29, 0.717) is 0 Å². The number of nitrogens with two attached hydrogens (primary N) is 1. The average molecular weight is 353 g/mol. The summed E-state index contributed by atoms with van der Waals surface area (Å²) < 4.78 is 7.09. The van der Waals surface area contributed by atoms with Gasteiger partial charge in [-0.1, -0.05) is 45.7 Å². The molecule has 2 atom stereocenters. The summed E-state index contributed by atoms with van der Waals surface area (Å²) in [5, 5.41) is 0.764. The third-order valence-electron chi connectivity index (χ3n) is 3.68. The van der Waals surface area contributed by atoms with Gasteiger partial charge in [0.15, 0.2) is 0 Å². The third-order valence-corrected chi connectivity index (χ3v) is 4.58. The molecule has 1 aliphatic heterocycles. The van der Waals surface area contributed by atoms with E-state index in [1.165, 1.54) is 0 Å². The van der Waals surface area contributed by atoms with Crippen LogP contribution in [0.25, 0.3) is 0 Å². The summed E-state index contributed by atoms with van der Waals surface area (Å²) in [7, 11) is 0. The van der Waals surface area contributed by atoms with Crippen molar-refractivity contribution in [3.8, 4) is 5.75 Å². The molecule has 104 valence electrons. The van der Waals surface area contributed by atoms with Crippen LogP contribution >= 0.6 is 27.5 Å². The van der Waals surface area contributed by atoms with Crippen LogP contribution in [0.3, 0.4) is 0 Å². The average Bonchev–Trinajstić information content (AvgIpc) is 2.41. The maximum atomic E-state index is 6.26. The van der Waals surface area contributed by atoms with Gasteiger partial charge in [-0.3, -0.25) is 0 Å². The van der Waals surface area contributed by atoms with Gasteiger partial charge < -0.3 is 10.5 Å². The Morgan fingerprint density at radius 2 is 2.05 bits per heavy atom. The standard InChI is InChI=1S/C16H15BrClNO/c1-9-2-3-10(6-13(9)18)15-8-14(19)12-5-4-11(17)7-16(12)20-15/h2-7,14-15H,8,19H2,1H3/t14-,15?/m1/s1. The number of fused-ring (bicyclic) bond motifs is 1. The lowest BCUT2D eigenvalue weighted by Crippen LogP contribution is -2.24. The molecule has 3 rings (SSSR count). The van der Waals surface area contributed by atoms with Gasteiger partial charge in [-0.05, 0) is 36.2 Å². The number of hydrogen-bond donors (Lipinski definition) is 1. The summed E-state index contributed by atoms with van der Waals surface area (Å²) in [6.07, 6.45) is 0.707. The molecule has 4 heteroatoms. The topological polar surface area (TPSA) is 35.2 Å². The van der Waals surface area contributed by atoms with E-state index in [2.05, 4.69) is 22.0 Å². The lowest BCUT2D eigenvalue weighted by Gasteiger charge is -2.31. The Kier molecular flexibility index (Phi) is 3.76. The minimum atomic E-state index is -0.0510. The molecular weight excluding hydrogens is 338 g/mol. The van der Waals surface area contributed by atoms with Crippen LogP contribution in [0.2, 0.25) is 5.02 Å². The number of rotatable bonds is 1. The van der Waals surface area contributed by atoms with E-state index in [1.54, 1.807) is 0 Å². The van der Waals surface area contributed by atoms with Crippen LogP contribution in [0.15, 0.2) is 40.9 Å². The van der Waals surface area contributed by atoms with Crippen LogP contribution in [-0.2, 0) is 0 Å². The molecule has 0 bridgehead atoms. The molecule has 0 saturated carbocycles. The highest BCUT2D eigenvalue weighted by Gasteiger charge is 2.27. The van der Waals surface area contributed by atoms with Crippen LogP contribution in [-0.4, -0.2) is 0 Å². The van der Waals surface area contributed by atoms with Gasteiger partial charge in [0.25, 0.3) is 0 Å². The molecule has 1 heterocycles. The molecule has 20 heavy (non-hydrogen) atoms. The Bertz CT molecular complexity index is 659. The molecule has 2 aromatic rings. The minimum absolute atomic E-state index is 0.0167.